The van der Waals surface area contributed by atoms with Gasteiger partial charge in [0.25, 0.3) is 5.91 Å². The highest BCUT2D eigenvalue weighted by Crippen LogP contribution is 2.31. The van der Waals surface area contributed by atoms with Gasteiger partial charge in [-0.2, -0.15) is 5.10 Å². The first-order valence-electron chi connectivity index (χ1n) is 7.68. The maximum atomic E-state index is 12.4. The summed E-state index contributed by atoms with van der Waals surface area (Å²) >= 11 is 9.59. The van der Waals surface area contributed by atoms with Gasteiger partial charge in [-0.3, -0.25) is 9.48 Å². The number of halogens is 2. The Labute approximate surface area is 158 Å². The summed E-state index contributed by atoms with van der Waals surface area (Å²) < 4.78 is 3.98. The van der Waals surface area contributed by atoms with Gasteiger partial charge in [-0.25, -0.2) is 4.68 Å². The van der Waals surface area contributed by atoms with Gasteiger partial charge >= 0.3 is 0 Å². The molecule has 3 rings (SSSR count). The second kappa shape index (κ2) is 6.42. The molecule has 0 saturated carbocycles. The number of aryl methyl sites for hydroxylation is 1. The number of anilines is 1. The van der Waals surface area contributed by atoms with Crippen molar-refractivity contribution in [3.05, 3.63) is 33.5 Å². The fourth-order valence-corrected chi connectivity index (χ4v) is 3.12. The summed E-state index contributed by atoms with van der Waals surface area (Å²) in [7, 11) is 1.68. The molecular weight excluding hydrogens is 408 g/mol. The van der Waals surface area contributed by atoms with Crippen molar-refractivity contribution in [2.75, 3.05) is 5.32 Å². The van der Waals surface area contributed by atoms with E-state index in [9.17, 15) is 4.79 Å². The summed E-state index contributed by atoms with van der Waals surface area (Å²) in [6.07, 6.45) is 1.43. The van der Waals surface area contributed by atoms with Crippen LogP contribution in [0.1, 0.15) is 31.1 Å². The first-order chi connectivity index (χ1) is 11.7. The van der Waals surface area contributed by atoms with Gasteiger partial charge in [-0.15, -0.1) is 5.10 Å². The minimum atomic E-state index is -0.333. The summed E-state index contributed by atoms with van der Waals surface area (Å²) in [5.41, 5.74) is 2.59. The summed E-state index contributed by atoms with van der Waals surface area (Å²) in [6.45, 7) is 7.16. The standard InChI is InChI=1S/C16H18BrClN6O/c1-16(2,3)8-24-11-6-5-10(12(17)13(11)21-22-24)20-15(25)9-7-19-23(4)14(9)18/h5-7H,8H2,1-4H3,(H,20,25). The molecule has 2 aromatic heterocycles. The molecule has 9 heteroatoms. The summed E-state index contributed by atoms with van der Waals surface area (Å²) in [5.74, 6) is -0.333. The molecule has 0 aliphatic heterocycles. The van der Waals surface area contributed by atoms with Crippen molar-refractivity contribution in [1.29, 1.82) is 0 Å². The summed E-state index contributed by atoms with van der Waals surface area (Å²) in [5, 5.41) is 15.6. The smallest absolute Gasteiger partial charge is 0.260 e. The first kappa shape index (κ1) is 17.9. The molecule has 1 amide bonds. The van der Waals surface area contributed by atoms with Crippen molar-refractivity contribution >= 4 is 50.2 Å². The van der Waals surface area contributed by atoms with E-state index in [0.717, 1.165) is 12.1 Å². The largest absolute Gasteiger partial charge is 0.321 e. The van der Waals surface area contributed by atoms with E-state index in [1.54, 1.807) is 7.05 Å². The number of nitrogens with one attached hydrogen (secondary N) is 1. The molecule has 2 heterocycles. The Morgan fingerprint density at radius 2 is 2.08 bits per heavy atom. The second-order valence-electron chi connectivity index (χ2n) is 7.03. The van der Waals surface area contributed by atoms with Crippen LogP contribution in [0.25, 0.3) is 11.0 Å². The summed E-state index contributed by atoms with van der Waals surface area (Å²) in [4.78, 5) is 12.4. The SMILES string of the molecule is Cn1ncc(C(=O)Nc2ccc3c(nnn3CC(C)(C)C)c2Br)c1Cl. The van der Waals surface area contributed by atoms with Crippen molar-refractivity contribution in [1.82, 2.24) is 24.8 Å². The minimum Gasteiger partial charge on any atom is -0.321 e. The first-order valence-corrected chi connectivity index (χ1v) is 8.85. The van der Waals surface area contributed by atoms with Crippen LogP contribution in [-0.2, 0) is 13.6 Å². The zero-order valence-electron chi connectivity index (χ0n) is 14.3. The quantitative estimate of drug-likeness (QED) is 0.691. The molecule has 0 fully saturated rings. The van der Waals surface area contributed by atoms with Crippen molar-refractivity contribution < 1.29 is 4.79 Å². The number of carbonyl (C=O) groups excluding carboxylic acids is 1. The van der Waals surface area contributed by atoms with Gasteiger partial charge in [0.05, 0.1) is 27.4 Å². The number of rotatable bonds is 3. The zero-order chi connectivity index (χ0) is 18.4. The third kappa shape index (κ3) is 3.55. The van der Waals surface area contributed by atoms with Gasteiger partial charge < -0.3 is 5.32 Å². The van der Waals surface area contributed by atoms with Crippen molar-refractivity contribution in [3.63, 3.8) is 0 Å². The third-order valence-corrected chi connectivity index (χ3v) is 4.86. The maximum absolute atomic E-state index is 12.4. The Kier molecular flexibility index (Phi) is 4.59. The fraction of sp³-hybridized carbons (Fsp3) is 0.375. The van der Waals surface area contributed by atoms with Gasteiger partial charge in [0.15, 0.2) is 0 Å². The fourth-order valence-electron chi connectivity index (χ4n) is 2.43. The lowest BCUT2D eigenvalue weighted by Gasteiger charge is -2.18. The van der Waals surface area contributed by atoms with E-state index < -0.39 is 0 Å². The number of amides is 1. The molecule has 0 saturated heterocycles. The van der Waals surface area contributed by atoms with Crippen LogP contribution >= 0.6 is 27.5 Å². The van der Waals surface area contributed by atoms with Gasteiger partial charge in [0.1, 0.15) is 10.7 Å². The number of hydrogen-bond donors (Lipinski definition) is 1. The van der Waals surface area contributed by atoms with Crippen LogP contribution < -0.4 is 5.32 Å². The molecule has 132 valence electrons. The average molecular weight is 426 g/mol. The number of benzene rings is 1. The molecule has 1 N–H and O–H groups in total. The minimum absolute atomic E-state index is 0.0804. The van der Waals surface area contributed by atoms with Crippen LogP contribution in [0, 0.1) is 5.41 Å². The number of aromatic nitrogens is 5. The Bertz CT molecular complexity index is 956. The topological polar surface area (TPSA) is 77.6 Å². The lowest BCUT2D eigenvalue weighted by atomic mass is 9.97. The van der Waals surface area contributed by atoms with Gasteiger partial charge in [-0.05, 0) is 33.5 Å². The Morgan fingerprint density at radius 3 is 2.68 bits per heavy atom. The number of carbonyl (C=O) groups is 1. The van der Waals surface area contributed by atoms with E-state index in [0.29, 0.717) is 21.2 Å². The van der Waals surface area contributed by atoms with E-state index >= 15 is 0 Å². The van der Waals surface area contributed by atoms with Gasteiger partial charge in [0, 0.05) is 13.6 Å². The van der Waals surface area contributed by atoms with Gasteiger partial charge in [-0.1, -0.05) is 37.6 Å². The number of fused-ring (bicyclic) bond motifs is 1. The molecule has 0 atom stereocenters. The highest BCUT2D eigenvalue weighted by atomic mass is 79.9. The van der Waals surface area contributed by atoms with Crippen molar-refractivity contribution in [3.8, 4) is 0 Å². The lowest BCUT2D eigenvalue weighted by molar-refractivity contribution is 0.102. The van der Waals surface area contributed by atoms with Crippen LogP contribution in [0.4, 0.5) is 5.69 Å². The van der Waals surface area contributed by atoms with Crippen LogP contribution in [-0.4, -0.2) is 30.7 Å². The lowest BCUT2D eigenvalue weighted by Crippen LogP contribution is -2.16. The molecule has 0 spiro atoms. The Hall–Kier alpha value is -1.93. The number of nitrogens with zero attached hydrogens (tertiary/aromatic N) is 5. The van der Waals surface area contributed by atoms with Crippen LogP contribution in [0.2, 0.25) is 5.15 Å². The Morgan fingerprint density at radius 1 is 1.36 bits per heavy atom. The van der Waals surface area contributed by atoms with E-state index in [1.165, 1.54) is 10.9 Å². The van der Waals surface area contributed by atoms with E-state index in [2.05, 4.69) is 57.4 Å². The molecule has 0 radical (unpaired) electrons. The second-order valence-corrected chi connectivity index (χ2v) is 8.18. The molecular formula is C16H18BrClN6O. The molecule has 1 aromatic carbocycles. The summed E-state index contributed by atoms with van der Waals surface area (Å²) in [6, 6.07) is 3.71. The van der Waals surface area contributed by atoms with Gasteiger partial charge in [0.2, 0.25) is 0 Å². The predicted octanol–water partition coefficient (Wildman–Crippen LogP) is 3.88. The van der Waals surface area contributed by atoms with E-state index in [4.69, 9.17) is 11.6 Å². The van der Waals surface area contributed by atoms with E-state index in [-0.39, 0.29) is 16.5 Å². The highest BCUT2D eigenvalue weighted by molar-refractivity contribution is 9.10. The Balaban J connectivity index is 1.92. The molecule has 25 heavy (non-hydrogen) atoms. The van der Waals surface area contributed by atoms with E-state index in [1.807, 2.05) is 16.8 Å². The average Bonchev–Trinajstić information content (AvgIpc) is 3.06. The normalized spacial score (nSPS) is 11.9. The highest BCUT2D eigenvalue weighted by Gasteiger charge is 2.19. The molecule has 7 nitrogen and oxygen atoms in total. The molecule has 0 bridgehead atoms. The molecule has 0 aliphatic carbocycles. The molecule has 3 aromatic rings. The van der Waals surface area contributed by atoms with Crippen molar-refractivity contribution in [2.45, 2.75) is 27.3 Å². The zero-order valence-corrected chi connectivity index (χ0v) is 16.7. The third-order valence-electron chi connectivity index (χ3n) is 3.61. The molecule has 0 aliphatic rings. The van der Waals surface area contributed by atoms with Crippen LogP contribution in [0.5, 0.6) is 0 Å². The number of hydrogen-bond acceptors (Lipinski definition) is 4. The van der Waals surface area contributed by atoms with Crippen LogP contribution in [0.15, 0.2) is 22.8 Å². The van der Waals surface area contributed by atoms with Crippen LogP contribution in [0.3, 0.4) is 0 Å². The monoisotopic (exact) mass is 424 g/mol. The maximum Gasteiger partial charge on any atom is 0.260 e. The predicted molar refractivity (Wildman–Crippen MR) is 101 cm³/mol. The van der Waals surface area contributed by atoms with Crippen molar-refractivity contribution in [2.24, 2.45) is 12.5 Å². The molecule has 0 unspecified atom stereocenters.